The number of carboxylic acids is 1. The molecule has 0 rings (SSSR count). The Kier molecular flexibility index (Phi) is 7.54. The largest absolute Gasteiger partial charge is 0.480 e. The van der Waals surface area contributed by atoms with Gasteiger partial charge in [0, 0.05) is 6.04 Å². The molecule has 5 nitrogen and oxygen atoms in total. The van der Waals surface area contributed by atoms with Crippen LogP contribution in [0.2, 0.25) is 0 Å². The number of likely N-dealkylation sites (N-methyl/N-ethyl adjacent to an activating group) is 1. The molecule has 0 bridgehead atoms. The molecule has 1 unspecified atom stereocenters. The van der Waals surface area contributed by atoms with Gasteiger partial charge in [-0.1, -0.05) is 20.3 Å². The van der Waals surface area contributed by atoms with Crippen molar-refractivity contribution >= 4 is 11.9 Å². The first kappa shape index (κ1) is 14.9. The fraction of sp³-hybridized carbons (Fsp3) is 0.818. The van der Waals surface area contributed by atoms with E-state index in [0.29, 0.717) is 6.54 Å². The van der Waals surface area contributed by atoms with E-state index >= 15 is 0 Å². The molecule has 0 aliphatic rings. The maximum absolute atomic E-state index is 11.5. The highest BCUT2D eigenvalue weighted by molar-refractivity contribution is 5.79. The average molecular weight is 230 g/mol. The second-order valence-electron chi connectivity index (χ2n) is 3.95. The molecule has 0 aliphatic heterocycles. The monoisotopic (exact) mass is 230 g/mol. The minimum Gasteiger partial charge on any atom is -0.480 e. The Labute approximate surface area is 96.8 Å². The molecule has 1 amide bonds. The summed E-state index contributed by atoms with van der Waals surface area (Å²) in [6.45, 7) is 6.47. The van der Waals surface area contributed by atoms with Gasteiger partial charge in [0.15, 0.2) is 0 Å². The number of nitrogens with one attached hydrogen (secondary N) is 1. The van der Waals surface area contributed by atoms with E-state index in [2.05, 4.69) is 12.2 Å². The molecule has 0 saturated heterocycles. The number of hydrogen-bond acceptors (Lipinski definition) is 3. The molecule has 0 saturated carbocycles. The van der Waals surface area contributed by atoms with Crippen molar-refractivity contribution in [1.29, 1.82) is 0 Å². The van der Waals surface area contributed by atoms with E-state index in [1.807, 2.05) is 13.8 Å². The first-order valence-electron chi connectivity index (χ1n) is 5.73. The van der Waals surface area contributed by atoms with E-state index in [-0.39, 0.29) is 25.0 Å². The normalized spacial score (nSPS) is 12.5. The quantitative estimate of drug-likeness (QED) is 0.644. The van der Waals surface area contributed by atoms with Crippen LogP contribution in [0.15, 0.2) is 0 Å². The maximum atomic E-state index is 11.5. The van der Waals surface area contributed by atoms with Crippen LogP contribution in [0.4, 0.5) is 0 Å². The second kappa shape index (κ2) is 8.10. The van der Waals surface area contributed by atoms with Crippen molar-refractivity contribution in [1.82, 2.24) is 10.2 Å². The van der Waals surface area contributed by atoms with Gasteiger partial charge in [0.25, 0.3) is 0 Å². The van der Waals surface area contributed by atoms with Crippen LogP contribution in [0.5, 0.6) is 0 Å². The first-order valence-corrected chi connectivity index (χ1v) is 5.73. The van der Waals surface area contributed by atoms with Crippen molar-refractivity contribution in [3.8, 4) is 0 Å². The smallest absolute Gasteiger partial charge is 0.317 e. The Morgan fingerprint density at radius 2 is 1.94 bits per heavy atom. The minimum atomic E-state index is -0.906. The Balaban J connectivity index is 3.95. The van der Waals surface area contributed by atoms with Gasteiger partial charge in [0.2, 0.25) is 5.91 Å². The molecule has 5 heteroatoms. The highest BCUT2D eigenvalue weighted by Crippen LogP contribution is 1.95. The molecule has 0 aromatic heterocycles. The van der Waals surface area contributed by atoms with Gasteiger partial charge in [-0.3, -0.25) is 14.5 Å². The van der Waals surface area contributed by atoms with Gasteiger partial charge < -0.3 is 10.4 Å². The number of hydrogen-bond donors (Lipinski definition) is 2. The lowest BCUT2D eigenvalue weighted by atomic mass is 10.2. The lowest BCUT2D eigenvalue weighted by molar-refractivity contribution is -0.138. The fourth-order valence-electron chi connectivity index (χ4n) is 1.50. The Hall–Kier alpha value is -1.10. The van der Waals surface area contributed by atoms with Crippen LogP contribution in [0, 0.1) is 0 Å². The number of nitrogens with zero attached hydrogens (tertiary/aromatic N) is 1. The number of carbonyl (C=O) groups is 2. The summed E-state index contributed by atoms with van der Waals surface area (Å²) in [6.07, 6.45) is 1.96. The first-order chi connectivity index (χ1) is 7.49. The SMILES string of the molecule is CCCC(C)NC(=O)CN(CC)CC(=O)O. The summed E-state index contributed by atoms with van der Waals surface area (Å²) in [5.41, 5.74) is 0. The lowest BCUT2D eigenvalue weighted by Gasteiger charge is -2.19. The number of amides is 1. The molecule has 1 atom stereocenters. The Bertz CT molecular complexity index is 231. The van der Waals surface area contributed by atoms with Crippen molar-refractivity contribution in [3.05, 3.63) is 0 Å². The fourth-order valence-corrected chi connectivity index (χ4v) is 1.50. The van der Waals surface area contributed by atoms with Crippen molar-refractivity contribution in [2.24, 2.45) is 0 Å². The topological polar surface area (TPSA) is 69.6 Å². The molecule has 0 spiro atoms. The zero-order valence-electron chi connectivity index (χ0n) is 10.3. The van der Waals surface area contributed by atoms with Gasteiger partial charge in [-0.15, -0.1) is 0 Å². The van der Waals surface area contributed by atoms with Crippen molar-refractivity contribution in [2.45, 2.75) is 39.7 Å². The van der Waals surface area contributed by atoms with Crippen LogP contribution in [-0.4, -0.2) is 47.6 Å². The summed E-state index contributed by atoms with van der Waals surface area (Å²) in [5, 5.41) is 11.5. The molecule has 0 heterocycles. The predicted octanol–water partition coefficient (Wildman–Crippen LogP) is 0.698. The van der Waals surface area contributed by atoms with Crippen LogP contribution >= 0.6 is 0 Å². The molecule has 0 radical (unpaired) electrons. The van der Waals surface area contributed by atoms with E-state index in [9.17, 15) is 9.59 Å². The van der Waals surface area contributed by atoms with Crippen LogP contribution in [0.3, 0.4) is 0 Å². The molecular formula is C11H22N2O3. The number of carbonyl (C=O) groups excluding carboxylic acids is 1. The molecule has 2 N–H and O–H groups in total. The van der Waals surface area contributed by atoms with E-state index in [0.717, 1.165) is 12.8 Å². The summed E-state index contributed by atoms with van der Waals surface area (Å²) < 4.78 is 0. The van der Waals surface area contributed by atoms with Gasteiger partial charge in [-0.05, 0) is 19.9 Å². The molecule has 0 fully saturated rings. The molecular weight excluding hydrogens is 208 g/mol. The zero-order chi connectivity index (χ0) is 12.6. The maximum Gasteiger partial charge on any atom is 0.317 e. The van der Waals surface area contributed by atoms with Crippen LogP contribution in [0.25, 0.3) is 0 Å². The standard InChI is InChI=1S/C11H22N2O3/c1-4-6-9(3)12-10(14)7-13(5-2)8-11(15)16/h9H,4-8H2,1-3H3,(H,12,14)(H,15,16). The summed E-state index contributed by atoms with van der Waals surface area (Å²) in [7, 11) is 0. The van der Waals surface area contributed by atoms with E-state index in [1.165, 1.54) is 0 Å². The van der Waals surface area contributed by atoms with Gasteiger partial charge in [-0.2, -0.15) is 0 Å². The third-order valence-electron chi connectivity index (χ3n) is 2.30. The summed E-state index contributed by atoms with van der Waals surface area (Å²) in [4.78, 5) is 23.6. The third-order valence-corrected chi connectivity index (χ3v) is 2.30. The van der Waals surface area contributed by atoms with Crippen LogP contribution < -0.4 is 5.32 Å². The Morgan fingerprint density at radius 1 is 1.31 bits per heavy atom. The highest BCUT2D eigenvalue weighted by Gasteiger charge is 2.13. The average Bonchev–Trinajstić information content (AvgIpc) is 2.15. The Morgan fingerprint density at radius 3 is 2.38 bits per heavy atom. The van der Waals surface area contributed by atoms with Crippen molar-refractivity contribution < 1.29 is 14.7 Å². The minimum absolute atomic E-state index is 0.0912. The predicted molar refractivity (Wildman–Crippen MR) is 62.3 cm³/mol. The van der Waals surface area contributed by atoms with E-state index < -0.39 is 5.97 Å². The molecule has 0 aromatic rings. The van der Waals surface area contributed by atoms with Crippen molar-refractivity contribution in [3.63, 3.8) is 0 Å². The number of aliphatic carboxylic acids is 1. The second-order valence-corrected chi connectivity index (χ2v) is 3.95. The zero-order valence-corrected chi connectivity index (χ0v) is 10.3. The van der Waals surface area contributed by atoms with Gasteiger partial charge in [0.1, 0.15) is 0 Å². The summed E-state index contributed by atoms with van der Waals surface area (Å²) in [6, 6.07) is 0.154. The van der Waals surface area contributed by atoms with Gasteiger partial charge in [0.05, 0.1) is 13.1 Å². The number of carboxylic acid groups (broad SMARTS) is 1. The number of rotatable bonds is 8. The summed E-state index contributed by atoms with van der Waals surface area (Å²) in [5.74, 6) is -1.01. The van der Waals surface area contributed by atoms with Gasteiger partial charge >= 0.3 is 5.97 Å². The third kappa shape index (κ3) is 7.23. The van der Waals surface area contributed by atoms with Crippen molar-refractivity contribution in [2.75, 3.05) is 19.6 Å². The van der Waals surface area contributed by atoms with Crippen LogP contribution in [-0.2, 0) is 9.59 Å². The lowest BCUT2D eigenvalue weighted by Crippen LogP contribution is -2.42. The summed E-state index contributed by atoms with van der Waals surface area (Å²) >= 11 is 0. The van der Waals surface area contributed by atoms with E-state index in [1.54, 1.807) is 4.90 Å². The molecule has 0 aromatic carbocycles. The molecule has 0 aliphatic carbocycles. The van der Waals surface area contributed by atoms with Crippen LogP contribution in [0.1, 0.15) is 33.6 Å². The van der Waals surface area contributed by atoms with Gasteiger partial charge in [-0.25, -0.2) is 0 Å². The van der Waals surface area contributed by atoms with E-state index in [4.69, 9.17) is 5.11 Å². The molecule has 94 valence electrons. The molecule has 16 heavy (non-hydrogen) atoms. The highest BCUT2D eigenvalue weighted by atomic mass is 16.4.